The van der Waals surface area contributed by atoms with Crippen molar-refractivity contribution in [1.82, 2.24) is 20.1 Å². The van der Waals surface area contributed by atoms with Gasteiger partial charge in [0.05, 0.1) is 13.7 Å². The van der Waals surface area contributed by atoms with Crippen LogP contribution < -0.4 is 15.4 Å². The number of carbonyl (C=O) groups excluding carboxylic acids is 1. The summed E-state index contributed by atoms with van der Waals surface area (Å²) < 4.78 is 7.20. The molecule has 0 aliphatic rings. The monoisotopic (exact) mass is 473 g/mol. The molecule has 0 fully saturated rings. The van der Waals surface area contributed by atoms with Crippen LogP contribution in [0, 0.1) is 13.8 Å². The van der Waals surface area contributed by atoms with Crippen molar-refractivity contribution in [3.05, 3.63) is 95.3 Å². The fourth-order valence-electron chi connectivity index (χ4n) is 3.41. The maximum Gasteiger partial charge on any atom is 0.319 e. The molecule has 4 rings (SSSR count). The molecule has 3 aromatic carbocycles. The number of hydrogen-bond donors (Lipinski definition) is 2. The molecule has 0 unspecified atom stereocenters. The third-order valence-corrected chi connectivity index (χ3v) is 6.32. The van der Waals surface area contributed by atoms with Crippen molar-refractivity contribution in [3.8, 4) is 11.4 Å². The molecule has 1 heterocycles. The van der Waals surface area contributed by atoms with E-state index in [1.54, 1.807) is 31.0 Å². The molecule has 2 amide bonds. The highest BCUT2D eigenvalue weighted by Crippen LogP contribution is 2.26. The zero-order chi connectivity index (χ0) is 23.9. The van der Waals surface area contributed by atoms with Crippen molar-refractivity contribution in [2.75, 3.05) is 12.4 Å². The number of aromatic nitrogens is 3. The summed E-state index contributed by atoms with van der Waals surface area (Å²) in [5.41, 5.74) is 5.26. The van der Waals surface area contributed by atoms with Gasteiger partial charge in [0.15, 0.2) is 11.0 Å². The lowest BCUT2D eigenvalue weighted by Crippen LogP contribution is -2.29. The largest absolute Gasteiger partial charge is 0.497 e. The fourth-order valence-corrected chi connectivity index (χ4v) is 4.46. The second-order valence-corrected chi connectivity index (χ2v) is 8.77. The molecule has 0 radical (unpaired) electrons. The van der Waals surface area contributed by atoms with Crippen LogP contribution in [0.25, 0.3) is 5.69 Å². The van der Waals surface area contributed by atoms with E-state index < -0.39 is 0 Å². The number of nitrogens with one attached hydrogen (secondary N) is 2. The number of amides is 2. The van der Waals surface area contributed by atoms with Gasteiger partial charge in [0.25, 0.3) is 0 Å². The van der Waals surface area contributed by atoms with Crippen LogP contribution in [0.1, 0.15) is 22.5 Å². The van der Waals surface area contributed by atoms with Gasteiger partial charge >= 0.3 is 6.03 Å². The van der Waals surface area contributed by atoms with Crippen molar-refractivity contribution >= 4 is 23.5 Å². The quantitative estimate of drug-likeness (QED) is 0.330. The lowest BCUT2D eigenvalue weighted by atomic mass is 10.1. The van der Waals surface area contributed by atoms with Gasteiger partial charge in [-0.15, -0.1) is 10.2 Å². The Bertz CT molecular complexity index is 1270. The van der Waals surface area contributed by atoms with Gasteiger partial charge in [0.1, 0.15) is 5.75 Å². The Hall–Kier alpha value is -3.78. The second kappa shape index (κ2) is 10.9. The smallest absolute Gasteiger partial charge is 0.319 e. The molecule has 4 aromatic rings. The number of anilines is 1. The molecule has 0 spiro atoms. The van der Waals surface area contributed by atoms with Gasteiger partial charge in [-0.05, 0) is 49.2 Å². The summed E-state index contributed by atoms with van der Waals surface area (Å²) in [4.78, 5) is 12.5. The van der Waals surface area contributed by atoms with Crippen LogP contribution in [0.3, 0.4) is 0 Å². The number of thioether (sulfide) groups is 1. The number of carbonyl (C=O) groups is 1. The number of methoxy groups -OCH3 is 1. The molecule has 8 heteroatoms. The third kappa shape index (κ3) is 5.77. The highest BCUT2D eigenvalue weighted by Gasteiger charge is 2.16. The van der Waals surface area contributed by atoms with Crippen molar-refractivity contribution in [2.45, 2.75) is 31.3 Å². The molecular weight excluding hydrogens is 446 g/mol. The predicted octanol–water partition coefficient (Wildman–Crippen LogP) is 5.51. The van der Waals surface area contributed by atoms with Crippen molar-refractivity contribution in [3.63, 3.8) is 0 Å². The van der Waals surface area contributed by atoms with E-state index in [4.69, 9.17) is 4.74 Å². The fraction of sp³-hybridized carbons (Fsp3) is 0.192. The van der Waals surface area contributed by atoms with Gasteiger partial charge in [-0.25, -0.2) is 4.79 Å². The van der Waals surface area contributed by atoms with Crippen LogP contribution in [0.4, 0.5) is 10.5 Å². The molecule has 0 atom stereocenters. The number of nitrogens with zero attached hydrogens (tertiary/aromatic N) is 3. The Morgan fingerprint density at radius 3 is 2.56 bits per heavy atom. The molecule has 0 bridgehead atoms. The molecule has 0 saturated heterocycles. The summed E-state index contributed by atoms with van der Waals surface area (Å²) in [7, 11) is 1.59. The molecular formula is C26H27N5O2S. The highest BCUT2D eigenvalue weighted by atomic mass is 32.2. The van der Waals surface area contributed by atoms with Crippen LogP contribution in [0.5, 0.6) is 5.75 Å². The molecule has 34 heavy (non-hydrogen) atoms. The highest BCUT2D eigenvalue weighted by molar-refractivity contribution is 7.98. The summed E-state index contributed by atoms with van der Waals surface area (Å²) >= 11 is 1.62. The maximum absolute atomic E-state index is 12.5. The van der Waals surface area contributed by atoms with Crippen LogP contribution in [-0.4, -0.2) is 27.9 Å². The SMILES string of the molecule is COc1cccc(NC(=O)NCc2nnc(SCc3ccccc3C)n2-c2ccc(C)cc2)c1. The molecule has 0 saturated carbocycles. The van der Waals surface area contributed by atoms with Crippen molar-refractivity contribution < 1.29 is 9.53 Å². The number of hydrogen-bond acceptors (Lipinski definition) is 5. The van der Waals surface area contributed by atoms with Crippen molar-refractivity contribution in [2.24, 2.45) is 0 Å². The van der Waals surface area contributed by atoms with E-state index in [0.717, 1.165) is 16.6 Å². The van der Waals surface area contributed by atoms with Crippen LogP contribution >= 0.6 is 11.8 Å². The van der Waals surface area contributed by atoms with E-state index in [1.807, 2.05) is 41.0 Å². The minimum atomic E-state index is -0.333. The van der Waals surface area contributed by atoms with E-state index in [0.29, 0.717) is 17.3 Å². The van der Waals surface area contributed by atoms with Crippen LogP contribution in [-0.2, 0) is 12.3 Å². The number of rotatable bonds is 8. The van der Waals surface area contributed by atoms with Gasteiger partial charge in [0.2, 0.25) is 0 Å². The molecule has 7 nitrogen and oxygen atoms in total. The van der Waals surface area contributed by atoms with Crippen LogP contribution in [0.15, 0.2) is 78.0 Å². The number of ether oxygens (including phenoxy) is 1. The Morgan fingerprint density at radius 1 is 1.00 bits per heavy atom. The summed E-state index contributed by atoms with van der Waals surface area (Å²) in [5.74, 6) is 2.10. The minimum absolute atomic E-state index is 0.224. The Balaban J connectivity index is 1.51. The first-order valence-electron chi connectivity index (χ1n) is 10.9. The standard InChI is InChI=1S/C26H27N5O2S/c1-18-11-13-22(14-12-18)31-24(16-27-25(32)28-21-9-6-10-23(15-21)33-3)29-30-26(31)34-17-20-8-5-4-7-19(20)2/h4-15H,16-17H2,1-3H3,(H2,27,28,32). The van der Waals surface area contributed by atoms with E-state index in [9.17, 15) is 4.79 Å². The summed E-state index contributed by atoms with van der Waals surface area (Å²) in [6.07, 6.45) is 0. The van der Waals surface area contributed by atoms with Crippen molar-refractivity contribution in [1.29, 1.82) is 0 Å². The predicted molar refractivity (Wildman–Crippen MR) is 136 cm³/mol. The first-order chi connectivity index (χ1) is 16.5. The zero-order valence-electron chi connectivity index (χ0n) is 19.4. The summed E-state index contributed by atoms with van der Waals surface area (Å²) in [5, 5.41) is 15.3. The molecule has 174 valence electrons. The van der Waals surface area contributed by atoms with E-state index in [-0.39, 0.29) is 12.6 Å². The molecule has 1 aromatic heterocycles. The Labute approximate surface area is 203 Å². The number of benzene rings is 3. The molecule has 0 aliphatic heterocycles. The van der Waals surface area contributed by atoms with Gasteiger partial charge in [0, 0.05) is 23.2 Å². The Kier molecular flexibility index (Phi) is 7.49. The van der Waals surface area contributed by atoms with Crippen LogP contribution in [0.2, 0.25) is 0 Å². The third-order valence-electron chi connectivity index (χ3n) is 5.35. The van der Waals surface area contributed by atoms with E-state index in [1.165, 1.54) is 16.7 Å². The topological polar surface area (TPSA) is 81.1 Å². The second-order valence-electron chi connectivity index (χ2n) is 7.82. The summed E-state index contributed by atoms with van der Waals surface area (Å²) in [6.45, 7) is 4.38. The average Bonchev–Trinajstić information content (AvgIpc) is 3.25. The van der Waals surface area contributed by atoms with Gasteiger partial charge in [-0.2, -0.15) is 0 Å². The van der Waals surface area contributed by atoms with Gasteiger partial charge in [-0.3, -0.25) is 4.57 Å². The average molecular weight is 474 g/mol. The Morgan fingerprint density at radius 2 is 1.79 bits per heavy atom. The zero-order valence-corrected chi connectivity index (χ0v) is 20.2. The summed E-state index contributed by atoms with van der Waals surface area (Å²) in [6, 6.07) is 23.4. The number of urea groups is 1. The minimum Gasteiger partial charge on any atom is -0.497 e. The number of aryl methyl sites for hydroxylation is 2. The first-order valence-corrected chi connectivity index (χ1v) is 11.9. The van der Waals surface area contributed by atoms with Gasteiger partial charge in [-0.1, -0.05) is 59.8 Å². The maximum atomic E-state index is 12.5. The lowest BCUT2D eigenvalue weighted by molar-refractivity contribution is 0.251. The lowest BCUT2D eigenvalue weighted by Gasteiger charge is -2.12. The van der Waals surface area contributed by atoms with E-state index >= 15 is 0 Å². The first kappa shape index (κ1) is 23.4. The normalized spacial score (nSPS) is 10.7. The molecule has 0 aliphatic carbocycles. The van der Waals surface area contributed by atoms with E-state index in [2.05, 4.69) is 58.9 Å². The molecule has 2 N–H and O–H groups in total. The van der Waals surface area contributed by atoms with Gasteiger partial charge < -0.3 is 15.4 Å².